The molecule has 2 aromatic rings. The lowest BCUT2D eigenvalue weighted by Crippen LogP contribution is -2.41. The number of carbonyl (C=O) groups excluding carboxylic acids is 1. The van der Waals surface area contributed by atoms with Gasteiger partial charge in [0.1, 0.15) is 0 Å². The molecule has 6 nitrogen and oxygen atoms in total. The van der Waals surface area contributed by atoms with Crippen LogP contribution in [0, 0.1) is 5.92 Å². The van der Waals surface area contributed by atoms with Crippen molar-refractivity contribution in [1.82, 2.24) is 20.1 Å². The fraction of sp³-hybridized carbons (Fsp3) is 0.630. The summed E-state index contributed by atoms with van der Waals surface area (Å²) in [6, 6.07) is 0.399. The van der Waals surface area contributed by atoms with E-state index < -0.39 is 59.1 Å². The van der Waals surface area contributed by atoms with Crippen molar-refractivity contribution >= 4 is 5.91 Å². The first-order valence-corrected chi connectivity index (χ1v) is 13.7. The molecule has 0 saturated carbocycles. The number of alkyl halides is 9. The topological polar surface area (TPSA) is 61.6 Å². The summed E-state index contributed by atoms with van der Waals surface area (Å²) < 4.78 is 126. The summed E-state index contributed by atoms with van der Waals surface area (Å²) in [5.74, 6) is -2.19. The van der Waals surface area contributed by atoms with Crippen molar-refractivity contribution in [2.24, 2.45) is 5.92 Å². The lowest BCUT2D eigenvalue weighted by Gasteiger charge is -2.31. The average molecular weight is 615 g/mol. The number of benzene rings is 1. The molecule has 234 valence electrons. The number of nitrogens with zero attached hydrogens (tertiary/aromatic N) is 3. The Kier molecular flexibility index (Phi) is 9.80. The first-order valence-electron chi connectivity index (χ1n) is 13.7. The minimum absolute atomic E-state index is 0.128. The van der Waals surface area contributed by atoms with Crippen LogP contribution >= 0.6 is 0 Å². The molecule has 15 heteroatoms. The Labute approximate surface area is 236 Å². The number of carbonyl (C=O) groups is 1. The first kappa shape index (κ1) is 32.1. The second kappa shape index (κ2) is 12.8. The molecule has 0 atom stereocenters. The molecule has 1 aromatic heterocycles. The van der Waals surface area contributed by atoms with E-state index in [0.29, 0.717) is 19.4 Å². The van der Waals surface area contributed by atoms with Crippen LogP contribution < -0.4 is 5.32 Å². The number of oxazole rings is 1. The standard InChI is InChI=1S/C27H31F9N4O2/c28-25(29,30)19-13-18(14-20(15-19)26(31,32)33)24-38-22(27(34,35)36)21(42-24)16-40-11-5-17(6-12-40)23(41)37-7-4-10-39-8-2-1-3-9-39/h13-15,17H,1-12,16H2,(H,37,41). The Balaban J connectivity index is 1.40. The summed E-state index contributed by atoms with van der Waals surface area (Å²) in [6.45, 7) is 3.58. The smallest absolute Gasteiger partial charge is 0.436 e. The highest BCUT2D eigenvalue weighted by Crippen LogP contribution is 2.40. The predicted octanol–water partition coefficient (Wildman–Crippen LogP) is 6.60. The van der Waals surface area contributed by atoms with Crippen molar-refractivity contribution in [2.45, 2.75) is 63.6 Å². The van der Waals surface area contributed by atoms with E-state index >= 15 is 0 Å². The number of rotatable bonds is 8. The molecule has 0 aliphatic carbocycles. The SMILES string of the molecule is O=C(NCCCN1CCCCC1)C1CCN(Cc2oc(-c3cc(C(F)(F)F)cc(C(F)(F)F)c3)nc2C(F)(F)F)CC1. The second-order valence-electron chi connectivity index (χ2n) is 10.7. The number of likely N-dealkylation sites (tertiary alicyclic amines) is 2. The van der Waals surface area contributed by atoms with Gasteiger partial charge in [0.25, 0.3) is 0 Å². The van der Waals surface area contributed by atoms with Crippen LogP contribution in [-0.4, -0.2) is 60.0 Å². The maximum absolute atomic E-state index is 13.7. The molecule has 2 saturated heterocycles. The van der Waals surface area contributed by atoms with Gasteiger partial charge in [-0.15, -0.1) is 0 Å². The summed E-state index contributed by atoms with van der Waals surface area (Å²) >= 11 is 0. The zero-order chi connectivity index (χ0) is 30.7. The van der Waals surface area contributed by atoms with E-state index in [4.69, 9.17) is 4.42 Å². The second-order valence-corrected chi connectivity index (χ2v) is 10.7. The molecule has 2 fully saturated rings. The van der Waals surface area contributed by atoms with Crippen LogP contribution in [0.1, 0.15) is 61.1 Å². The van der Waals surface area contributed by atoms with Gasteiger partial charge in [-0.2, -0.15) is 39.5 Å². The number of amides is 1. The van der Waals surface area contributed by atoms with Crippen LogP contribution in [0.25, 0.3) is 11.5 Å². The van der Waals surface area contributed by atoms with Crippen LogP contribution in [0.2, 0.25) is 0 Å². The monoisotopic (exact) mass is 614 g/mol. The summed E-state index contributed by atoms with van der Waals surface area (Å²) in [5.41, 5.74) is -5.82. The minimum Gasteiger partial charge on any atom is -0.439 e. The molecule has 0 radical (unpaired) electrons. The largest absolute Gasteiger partial charge is 0.439 e. The molecule has 2 aliphatic rings. The van der Waals surface area contributed by atoms with E-state index in [0.717, 1.165) is 26.1 Å². The highest BCUT2D eigenvalue weighted by atomic mass is 19.4. The number of nitrogens with one attached hydrogen (secondary N) is 1. The minimum atomic E-state index is -5.19. The van der Waals surface area contributed by atoms with Gasteiger partial charge in [0.05, 0.1) is 17.7 Å². The maximum atomic E-state index is 13.7. The van der Waals surface area contributed by atoms with Gasteiger partial charge >= 0.3 is 18.5 Å². The molecule has 42 heavy (non-hydrogen) atoms. The first-order chi connectivity index (χ1) is 19.6. The average Bonchev–Trinajstić information content (AvgIpc) is 3.35. The number of piperidine rings is 2. The third kappa shape index (κ3) is 8.39. The van der Waals surface area contributed by atoms with Gasteiger partial charge in [-0.25, -0.2) is 4.98 Å². The number of aromatic nitrogens is 1. The fourth-order valence-electron chi connectivity index (χ4n) is 5.28. The highest BCUT2D eigenvalue weighted by molar-refractivity contribution is 5.78. The molecule has 4 rings (SSSR count). The number of hydrogen-bond acceptors (Lipinski definition) is 5. The molecule has 1 aromatic carbocycles. The molecule has 1 N–H and O–H groups in total. The Hall–Kier alpha value is -2.81. The Morgan fingerprint density at radius 3 is 1.98 bits per heavy atom. The maximum Gasteiger partial charge on any atom is 0.436 e. The number of hydrogen-bond donors (Lipinski definition) is 1. The van der Waals surface area contributed by atoms with Gasteiger partial charge in [-0.1, -0.05) is 6.42 Å². The molecule has 0 spiro atoms. The van der Waals surface area contributed by atoms with E-state index in [1.807, 2.05) is 0 Å². The molecule has 2 aliphatic heterocycles. The lowest BCUT2D eigenvalue weighted by molar-refractivity contribution is -0.144. The Morgan fingerprint density at radius 1 is 0.833 bits per heavy atom. The van der Waals surface area contributed by atoms with Crippen LogP contribution in [-0.2, 0) is 29.9 Å². The van der Waals surface area contributed by atoms with E-state index in [1.54, 1.807) is 4.90 Å². The summed E-state index contributed by atoms with van der Waals surface area (Å²) in [7, 11) is 0. The summed E-state index contributed by atoms with van der Waals surface area (Å²) in [5, 5.41) is 2.92. The van der Waals surface area contributed by atoms with E-state index in [9.17, 15) is 44.3 Å². The summed E-state index contributed by atoms with van der Waals surface area (Å²) in [6.07, 6.45) is -10.3. The highest BCUT2D eigenvalue weighted by Gasteiger charge is 2.41. The van der Waals surface area contributed by atoms with Crippen molar-refractivity contribution in [3.05, 3.63) is 40.8 Å². The van der Waals surface area contributed by atoms with Gasteiger partial charge < -0.3 is 14.6 Å². The lowest BCUT2D eigenvalue weighted by atomic mass is 9.95. The van der Waals surface area contributed by atoms with Gasteiger partial charge in [0.2, 0.25) is 11.8 Å². The Bertz CT molecular complexity index is 1180. The van der Waals surface area contributed by atoms with Gasteiger partial charge in [-0.3, -0.25) is 9.69 Å². The van der Waals surface area contributed by atoms with Gasteiger partial charge in [0, 0.05) is 18.0 Å². The molecule has 0 unspecified atom stereocenters. The van der Waals surface area contributed by atoms with Gasteiger partial charge in [0.15, 0.2) is 11.5 Å². The van der Waals surface area contributed by atoms with Crippen LogP contribution in [0.4, 0.5) is 39.5 Å². The van der Waals surface area contributed by atoms with E-state index in [2.05, 4.69) is 15.2 Å². The Morgan fingerprint density at radius 2 is 1.43 bits per heavy atom. The molecular weight excluding hydrogens is 583 g/mol. The van der Waals surface area contributed by atoms with E-state index in [1.165, 1.54) is 19.3 Å². The summed E-state index contributed by atoms with van der Waals surface area (Å²) in [4.78, 5) is 19.8. The van der Waals surface area contributed by atoms with Gasteiger partial charge in [-0.05, 0) is 83.0 Å². The van der Waals surface area contributed by atoms with Crippen LogP contribution in [0.15, 0.2) is 22.6 Å². The number of halogens is 9. The molecule has 0 bridgehead atoms. The van der Waals surface area contributed by atoms with Crippen molar-refractivity contribution in [2.75, 3.05) is 39.3 Å². The predicted molar refractivity (Wildman–Crippen MR) is 133 cm³/mol. The fourth-order valence-corrected chi connectivity index (χ4v) is 5.28. The van der Waals surface area contributed by atoms with E-state index in [-0.39, 0.29) is 43.1 Å². The van der Waals surface area contributed by atoms with Crippen molar-refractivity contribution in [1.29, 1.82) is 0 Å². The third-order valence-corrected chi connectivity index (χ3v) is 7.53. The normalized spacial score (nSPS) is 18.4. The molecular formula is C27H31F9N4O2. The van der Waals surface area contributed by atoms with Crippen molar-refractivity contribution in [3.8, 4) is 11.5 Å². The van der Waals surface area contributed by atoms with Crippen molar-refractivity contribution in [3.63, 3.8) is 0 Å². The molecule has 1 amide bonds. The zero-order valence-corrected chi connectivity index (χ0v) is 22.6. The zero-order valence-electron chi connectivity index (χ0n) is 22.6. The van der Waals surface area contributed by atoms with Crippen LogP contribution in [0.3, 0.4) is 0 Å². The quantitative estimate of drug-likeness (QED) is 0.268. The third-order valence-electron chi connectivity index (χ3n) is 7.53. The molecule has 3 heterocycles. The van der Waals surface area contributed by atoms with Crippen LogP contribution in [0.5, 0.6) is 0 Å². The van der Waals surface area contributed by atoms with Crippen molar-refractivity contribution < 1.29 is 48.7 Å².